The Morgan fingerprint density at radius 2 is 2.21 bits per heavy atom. The third-order valence-corrected chi connectivity index (χ3v) is 4.73. The van der Waals surface area contributed by atoms with Gasteiger partial charge in [0.05, 0.1) is 5.41 Å². The normalized spacial score (nSPS) is 16.6. The zero-order chi connectivity index (χ0) is 13.7. The number of rotatable bonds is 7. The van der Waals surface area contributed by atoms with Gasteiger partial charge >= 0.3 is 5.97 Å². The summed E-state index contributed by atoms with van der Waals surface area (Å²) in [5, 5.41) is 13.9. The average molecular weight is 281 g/mol. The molecular formula is C14H19NO3S. The van der Waals surface area contributed by atoms with Crippen LogP contribution >= 0.6 is 11.3 Å². The van der Waals surface area contributed by atoms with Gasteiger partial charge in [-0.3, -0.25) is 9.59 Å². The van der Waals surface area contributed by atoms with Crippen molar-refractivity contribution < 1.29 is 14.7 Å². The molecule has 1 aromatic rings. The van der Waals surface area contributed by atoms with Crippen LogP contribution in [0.2, 0.25) is 0 Å². The molecule has 0 spiro atoms. The number of carbonyl (C=O) groups is 2. The number of hydrogen-bond acceptors (Lipinski definition) is 3. The molecular weight excluding hydrogens is 262 g/mol. The van der Waals surface area contributed by atoms with Gasteiger partial charge < -0.3 is 10.4 Å². The number of carboxylic acid groups (broad SMARTS) is 1. The van der Waals surface area contributed by atoms with Crippen molar-refractivity contribution in [3.63, 3.8) is 0 Å². The van der Waals surface area contributed by atoms with Crippen molar-refractivity contribution in [2.75, 3.05) is 6.54 Å². The summed E-state index contributed by atoms with van der Waals surface area (Å²) in [6.07, 6.45) is 4.49. The van der Waals surface area contributed by atoms with Crippen molar-refractivity contribution in [1.82, 2.24) is 5.32 Å². The highest BCUT2D eigenvalue weighted by atomic mass is 32.1. The predicted octanol–water partition coefficient (Wildman–Crippen LogP) is 2.44. The second-order valence-electron chi connectivity index (χ2n) is 5.15. The van der Waals surface area contributed by atoms with E-state index in [1.54, 1.807) is 11.3 Å². The molecule has 4 nitrogen and oxygen atoms in total. The van der Waals surface area contributed by atoms with E-state index in [1.807, 2.05) is 11.4 Å². The summed E-state index contributed by atoms with van der Waals surface area (Å²) in [4.78, 5) is 24.1. The Balaban J connectivity index is 1.66. The van der Waals surface area contributed by atoms with Gasteiger partial charge in [0.15, 0.2) is 0 Å². The summed E-state index contributed by atoms with van der Waals surface area (Å²) in [5.74, 6) is -0.818. The molecule has 5 heteroatoms. The van der Waals surface area contributed by atoms with E-state index in [2.05, 4.69) is 11.4 Å². The molecule has 104 valence electrons. The van der Waals surface area contributed by atoms with Crippen LogP contribution in [-0.4, -0.2) is 23.5 Å². The molecule has 1 aliphatic carbocycles. The summed E-state index contributed by atoms with van der Waals surface area (Å²) in [7, 11) is 0. The Morgan fingerprint density at radius 3 is 2.74 bits per heavy atom. The van der Waals surface area contributed by atoms with Crippen LogP contribution in [-0.2, 0) is 16.0 Å². The number of nitrogens with one attached hydrogen (secondary N) is 1. The van der Waals surface area contributed by atoms with E-state index in [0.717, 1.165) is 19.3 Å². The second kappa shape index (κ2) is 6.19. The number of aliphatic carboxylic acids is 1. The van der Waals surface area contributed by atoms with Gasteiger partial charge in [-0.1, -0.05) is 12.5 Å². The van der Waals surface area contributed by atoms with Crippen LogP contribution in [0.15, 0.2) is 17.5 Å². The van der Waals surface area contributed by atoms with Crippen molar-refractivity contribution >= 4 is 23.2 Å². The van der Waals surface area contributed by atoms with E-state index in [1.165, 1.54) is 4.88 Å². The van der Waals surface area contributed by atoms with Gasteiger partial charge in [0, 0.05) is 17.8 Å². The molecule has 1 heterocycles. The predicted molar refractivity (Wildman–Crippen MR) is 74.2 cm³/mol. The van der Waals surface area contributed by atoms with Crippen LogP contribution in [0.5, 0.6) is 0 Å². The van der Waals surface area contributed by atoms with Crippen molar-refractivity contribution in [3.8, 4) is 0 Å². The molecule has 0 unspecified atom stereocenters. The quantitative estimate of drug-likeness (QED) is 0.806. The molecule has 1 saturated carbocycles. The monoisotopic (exact) mass is 281 g/mol. The van der Waals surface area contributed by atoms with Gasteiger partial charge in [0.1, 0.15) is 0 Å². The maximum atomic E-state index is 11.7. The number of aryl methyl sites for hydroxylation is 1. The maximum absolute atomic E-state index is 11.7. The first-order chi connectivity index (χ1) is 9.12. The van der Waals surface area contributed by atoms with E-state index < -0.39 is 11.4 Å². The molecule has 0 saturated heterocycles. The van der Waals surface area contributed by atoms with Gasteiger partial charge in [-0.05, 0) is 37.1 Å². The first-order valence-electron chi connectivity index (χ1n) is 6.65. The van der Waals surface area contributed by atoms with Crippen LogP contribution in [0.25, 0.3) is 0 Å². The highest BCUT2D eigenvalue weighted by Gasteiger charge is 2.44. The van der Waals surface area contributed by atoms with Crippen LogP contribution in [0.3, 0.4) is 0 Å². The smallest absolute Gasteiger partial charge is 0.311 e. The minimum absolute atomic E-state index is 0.0379. The third-order valence-electron chi connectivity index (χ3n) is 3.80. The highest BCUT2D eigenvalue weighted by Crippen LogP contribution is 2.40. The molecule has 0 bridgehead atoms. The zero-order valence-electron chi connectivity index (χ0n) is 10.9. The fourth-order valence-electron chi connectivity index (χ4n) is 2.30. The van der Waals surface area contributed by atoms with E-state index in [9.17, 15) is 9.59 Å². The Labute approximate surface area is 116 Å². The molecule has 1 fully saturated rings. The lowest BCUT2D eigenvalue weighted by atomic mass is 9.69. The van der Waals surface area contributed by atoms with Crippen LogP contribution in [0.1, 0.15) is 37.0 Å². The standard InChI is InChI=1S/C14H19NO3S/c16-12(6-1-4-11-5-2-9-19-11)15-10-14(13(17)18)7-3-8-14/h2,5,9H,1,3-4,6-8,10H2,(H,15,16)(H,17,18). The number of amides is 1. The van der Waals surface area contributed by atoms with Gasteiger partial charge in [0.2, 0.25) is 5.91 Å². The molecule has 0 aromatic carbocycles. The van der Waals surface area contributed by atoms with Crippen LogP contribution in [0, 0.1) is 5.41 Å². The zero-order valence-corrected chi connectivity index (χ0v) is 11.7. The minimum atomic E-state index is -0.780. The molecule has 0 atom stereocenters. The van der Waals surface area contributed by atoms with Gasteiger partial charge in [0.25, 0.3) is 0 Å². The van der Waals surface area contributed by atoms with Crippen molar-refractivity contribution in [3.05, 3.63) is 22.4 Å². The Morgan fingerprint density at radius 1 is 1.42 bits per heavy atom. The fraction of sp³-hybridized carbons (Fsp3) is 0.571. The largest absolute Gasteiger partial charge is 0.481 e. The van der Waals surface area contributed by atoms with Crippen molar-refractivity contribution in [2.45, 2.75) is 38.5 Å². The van der Waals surface area contributed by atoms with Gasteiger partial charge in [-0.25, -0.2) is 0 Å². The van der Waals surface area contributed by atoms with Crippen molar-refractivity contribution in [1.29, 1.82) is 0 Å². The molecule has 2 rings (SSSR count). The Bertz CT molecular complexity index is 438. The lowest BCUT2D eigenvalue weighted by Crippen LogP contribution is -2.47. The third kappa shape index (κ3) is 3.56. The van der Waals surface area contributed by atoms with Crippen LogP contribution < -0.4 is 5.32 Å². The first kappa shape index (κ1) is 14.1. The summed E-state index contributed by atoms with van der Waals surface area (Å²) in [6.45, 7) is 0.278. The first-order valence-corrected chi connectivity index (χ1v) is 7.53. The molecule has 0 aliphatic heterocycles. The molecule has 1 aliphatic rings. The lowest BCUT2D eigenvalue weighted by molar-refractivity contribution is -0.154. The summed E-state index contributed by atoms with van der Waals surface area (Å²) < 4.78 is 0. The topological polar surface area (TPSA) is 66.4 Å². The lowest BCUT2D eigenvalue weighted by Gasteiger charge is -2.37. The van der Waals surface area contributed by atoms with E-state index >= 15 is 0 Å². The van der Waals surface area contributed by atoms with E-state index in [0.29, 0.717) is 19.3 Å². The average Bonchev–Trinajstić information content (AvgIpc) is 2.80. The van der Waals surface area contributed by atoms with Gasteiger partial charge in [-0.15, -0.1) is 11.3 Å². The van der Waals surface area contributed by atoms with E-state index in [4.69, 9.17) is 5.11 Å². The molecule has 1 amide bonds. The summed E-state index contributed by atoms with van der Waals surface area (Å²) in [5.41, 5.74) is -0.691. The SMILES string of the molecule is O=C(CCCc1cccs1)NCC1(C(=O)O)CCC1. The number of carboxylic acids is 1. The highest BCUT2D eigenvalue weighted by molar-refractivity contribution is 7.09. The second-order valence-corrected chi connectivity index (χ2v) is 6.18. The van der Waals surface area contributed by atoms with Gasteiger partial charge in [-0.2, -0.15) is 0 Å². The molecule has 1 aromatic heterocycles. The fourth-order valence-corrected chi connectivity index (χ4v) is 3.06. The Hall–Kier alpha value is -1.36. The summed E-state index contributed by atoms with van der Waals surface area (Å²) in [6, 6.07) is 4.07. The summed E-state index contributed by atoms with van der Waals surface area (Å²) >= 11 is 1.70. The Kier molecular flexibility index (Phi) is 4.58. The molecule has 2 N–H and O–H groups in total. The molecule has 19 heavy (non-hydrogen) atoms. The van der Waals surface area contributed by atoms with Crippen molar-refractivity contribution in [2.24, 2.45) is 5.41 Å². The number of carbonyl (C=O) groups excluding carboxylic acids is 1. The number of thiophene rings is 1. The maximum Gasteiger partial charge on any atom is 0.311 e. The number of hydrogen-bond donors (Lipinski definition) is 2. The molecule has 0 radical (unpaired) electrons. The van der Waals surface area contributed by atoms with Crippen LogP contribution in [0.4, 0.5) is 0 Å². The van der Waals surface area contributed by atoms with E-state index in [-0.39, 0.29) is 12.5 Å². The minimum Gasteiger partial charge on any atom is -0.481 e.